The second-order valence-electron chi connectivity index (χ2n) is 9.97. The van der Waals surface area contributed by atoms with E-state index < -0.39 is 0 Å². The molecule has 0 spiro atoms. The molecular weight excluding hydrogens is 383 g/mol. The monoisotopic (exact) mass is 419 g/mol. The highest BCUT2D eigenvalue weighted by Gasteiger charge is 2.30. The summed E-state index contributed by atoms with van der Waals surface area (Å²) in [6, 6.07) is 15.5. The third-order valence-electron chi connectivity index (χ3n) is 8.04. The minimum atomic E-state index is -0.122. The molecule has 0 heterocycles. The van der Waals surface area contributed by atoms with E-state index in [1.165, 1.54) is 75.8 Å². The molecule has 0 aliphatic heterocycles. The largest absolute Gasteiger partial charge is 0.207 e. The topological polar surface area (TPSA) is 0 Å². The summed E-state index contributed by atoms with van der Waals surface area (Å²) in [5.74, 6) is 3.74. The van der Waals surface area contributed by atoms with Crippen molar-refractivity contribution in [2.75, 3.05) is 0 Å². The fraction of sp³-hybridized carbons (Fsp3) is 0.571. The van der Waals surface area contributed by atoms with Crippen molar-refractivity contribution < 1.29 is 4.39 Å². The SMILES string of the molecule is Cc1ccc(-c2ccc(CCC3CCC(C4CCC(C[Si])CC4)CC3)cc2)cc1F. The molecule has 159 valence electrons. The molecule has 4 rings (SSSR count). The van der Waals surface area contributed by atoms with E-state index in [0.29, 0.717) is 5.56 Å². The molecule has 0 nitrogen and oxygen atoms in total. The van der Waals surface area contributed by atoms with E-state index in [9.17, 15) is 4.39 Å². The fourth-order valence-corrected chi connectivity index (χ4v) is 6.23. The van der Waals surface area contributed by atoms with Gasteiger partial charge in [-0.3, -0.25) is 0 Å². The Morgan fingerprint density at radius 2 is 1.33 bits per heavy atom. The Hall–Kier alpha value is -1.41. The van der Waals surface area contributed by atoms with Crippen LogP contribution in [0.3, 0.4) is 0 Å². The molecule has 0 bridgehead atoms. The van der Waals surface area contributed by atoms with Gasteiger partial charge < -0.3 is 0 Å². The molecule has 30 heavy (non-hydrogen) atoms. The van der Waals surface area contributed by atoms with Crippen molar-refractivity contribution >= 4 is 10.2 Å². The molecule has 3 radical (unpaired) electrons. The van der Waals surface area contributed by atoms with Crippen molar-refractivity contribution in [1.82, 2.24) is 0 Å². The Balaban J connectivity index is 1.22. The summed E-state index contributed by atoms with van der Waals surface area (Å²) in [5.41, 5.74) is 4.19. The first kappa shape index (κ1) is 21.8. The van der Waals surface area contributed by atoms with E-state index in [1.54, 1.807) is 6.07 Å². The van der Waals surface area contributed by atoms with Crippen molar-refractivity contribution in [2.45, 2.75) is 77.2 Å². The summed E-state index contributed by atoms with van der Waals surface area (Å²) in [6.07, 6.45) is 14.1. The molecule has 0 N–H and O–H groups in total. The van der Waals surface area contributed by atoms with Crippen molar-refractivity contribution in [3.63, 3.8) is 0 Å². The molecule has 2 heteroatoms. The van der Waals surface area contributed by atoms with E-state index >= 15 is 0 Å². The lowest BCUT2D eigenvalue weighted by molar-refractivity contribution is 0.148. The number of aryl methyl sites for hydroxylation is 2. The Morgan fingerprint density at radius 3 is 1.90 bits per heavy atom. The van der Waals surface area contributed by atoms with Gasteiger partial charge in [0.05, 0.1) is 0 Å². The molecule has 2 saturated carbocycles. The van der Waals surface area contributed by atoms with E-state index in [1.807, 2.05) is 19.1 Å². The molecule has 2 aliphatic carbocycles. The summed E-state index contributed by atoms with van der Waals surface area (Å²) >= 11 is 0. The maximum Gasteiger partial charge on any atom is 0.126 e. The second kappa shape index (κ2) is 10.3. The number of halogens is 1. The highest BCUT2D eigenvalue weighted by atomic mass is 28.1. The molecule has 0 aromatic heterocycles. The molecule has 2 fully saturated rings. The van der Waals surface area contributed by atoms with Crippen LogP contribution in [0.15, 0.2) is 42.5 Å². The first-order valence-corrected chi connectivity index (χ1v) is 12.8. The zero-order valence-corrected chi connectivity index (χ0v) is 19.5. The molecule has 0 amide bonds. The molecular formula is C28H36FSi. The summed E-state index contributed by atoms with van der Waals surface area (Å²) < 4.78 is 13.8. The van der Waals surface area contributed by atoms with Gasteiger partial charge in [0.15, 0.2) is 0 Å². The molecule has 0 atom stereocenters. The molecule has 2 aromatic rings. The van der Waals surface area contributed by atoms with Crippen LogP contribution in [0.2, 0.25) is 6.04 Å². The summed E-state index contributed by atoms with van der Waals surface area (Å²) in [6.45, 7) is 1.81. The Morgan fingerprint density at radius 1 is 0.767 bits per heavy atom. The second-order valence-corrected chi connectivity index (χ2v) is 10.4. The lowest BCUT2D eigenvalue weighted by Gasteiger charge is -2.37. The van der Waals surface area contributed by atoms with Crippen LogP contribution >= 0.6 is 0 Å². The lowest BCUT2D eigenvalue weighted by Crippen LogP contribution is -2.26. The standard InChI is InChI=1S/C28H36FSi/c1-20-2-11-27(18-28(20)29)26-14-7-22(8-15-26)4-3-21-5-12-24(13-6-21)25-16-9-23(19-30)10-17-25/h2,7-8,11,14-15,18,21,23-25H,3-6,9-10,12-13,16-17,19H2,1H3. The quantitative estimate of drug-likeness (QED) is 0.417. The predicted molar refractivity (Wildman–Crippen MR) is 126 cm³/mol. The number of hydrogen-bond donors (Lipinski definition) is 0. The van der Waals surface area contributed by atoms with Crippen LogP contribution in [0, 0.1) is 36.4 Å². The van der Waals surface area contributed by atoms with Crippen LogP contribution in [-0.4, -0.2) is 10.2 Å². The molecule has 2 aromatic carbocycles. The van der Waals surface area contributed by atoms with Gasteiger partial charge in [-0.25, -0.2) is 4.39 Å². The normalized spacial score (nSPS) is 27.2. The molecule has 2 aliphatic rings. The van der Waals surface area contributed by atoms with Crippen LogP contribution in [0.25, 0.3) is 11.1 Å². The third kappa shape index (κ3) is 5.44. The lowest BCUT2D eigenvalue weighted by atomic mass is 9.69. The summed E-state index contributed by atoms with van der Waals surface area (Å²) in [4.78, 5) is 0. The van der Waals surface area contributed by atoms with Crippen LogP contribution in [0.5, 0.6) is 0 Å². The van der Waals surface area contributed by atoms with Crippen LogP contribution < -0.4 is 0 Å². The fourth-order valence-electron chi connectivity index (χ4n) is 5.82. The van der Waals surface area contributed by atoms with Gasteiger partial charge in [-0.1, -0.05) is 68.1 Å². The number of rotatable bonds is 6. The van der Waals surface area contributed by atoms with Crippen molar-refractivity contribution in [3.8, 4) is 11.1 Å². The molecule has 0 saturated heterocycles. The van der Waals surface area contributed by atoms with E-state index in [0.717, 1.165) is 34.8 Å². The van der Waals surface area contributed by atoms with E-state index in [-0.39, 0.29) is 5.82 Å². The highest BCUT2D eigenvalue weighted by molar-refractivity contribution is 6.08. The van der Waals surface area contributed by atoms with Crippen molar-refractivity contribution in [1.29, 1.82) is 0 Å². The van der Waals surface area contributed by atoms with E-state index in [2.05, 4.69) is 34.5 Å². The van der Waals surface area contributed by atoms with Gasteiger partial charge in [-0.2, -0.15) is 0 Å². The number of hydrogen-bond acceptors (Lipinski definition) is 0. The Kier molecular flexibility index (Phi) is 7.46. The van der Waals surface area contributed by atoms with Crippen molar-refractivity contribution in [3.05, 3.63) is 59.4 Å². The van der Waals surface area contributed by atoms with E-state index in [4.69, 9.17) is 0 Å². The van der Waals surface area contributed by atoms with Crippen LogP contribution in [-0.2, 0) is 6.42 Å². The summed E-state index contributed by atoms with van der Waals surface area (Å²) in [7, 11) is 3.73. The Bertz CT molecular complexity index is 796. The minimum Gasteiger partial charge on any atom is -0.207 e. The smallest absolute Gasteiger partial charge is 0.126 e. The predicted octanol–water partition coefficient (Wildman–Crippen LogP) is 7.93. The Labute approximate surface area is 186 Å². The first-order valence-electron chi connectivity index (χ1n) is 12.1. The maximum absolute atomic E-state index is 13.8. The zero-order valence-electron chi connectivity index (χ0n) is 18.5. The molecule has 0 unspecified atom stereocenters. The van der Waals surface area contributed by atoms with Gasteiger partial charge in [-0.05, 0) is 97.4 Å². The van der Waals surface area contributed by atoms with Gasteiger partial charge in [-0.15, -0.1) is 0 Å². The van der Waals surface area contributed by atoms with Gasteiger partial charge in [0.2, 0.25) is 0 Å². The highest BCUT2D eigenvalue weighted by Crippen LogP contribution is 2.42. The van der Waals surface area contributed by atoms with Crippen molar-refractivity contribution in [2.24, 2.45) is 23.7 Å². The maximum atomic E-state index is 13.8. The first-order chi connectivity index (χ1) is 14.6. The zero-order chi connectivity index (χ0) is 20.9. The summed E-state index contributed by atoms with van der Waals surface area (Å²) in [5, 5.41) is 0. The van der Waals surface area contributed by atoms with Crippen LogP contribution in [0.1, 0.15) is 68.9 Å². The third-order valence-corrected chi connectivity index (χ3v) is 8.62. The number of benzene rings is 2. The minimum absolute atomic E-state index is 0.122. The average molecular weight is 420 g/mol. The van der Waals surface area contributed by atoms with Gasteiger partial charge in [0.25, 0.3) is 0 Å². The van der Waals surface area contributed by atoms with Crippen LogP contribution in [0.4, 0.5) is 4.39 Å². The van der Waals surface area contributed by atoms with Gasteiger partial charge >= 0.3 is 0 Å². The van der Waals surface area contributed by atoms with Gasteiger partial charge in [0.1, 0.15) is 5.82 Å². The van der Waals surface area contributed by atoms with Gasteiger partial charge in [0, 0.05) is 10.2 Å². The average Bonchev–Trinajstić information content (AvgIpc) is 2.80.